The lowest BCUT2D eigenvalue weighted by Crippen LogP contribution is -2.41. The third-order valence-corrected chi connectivity index (χ3v) is 6.42. The molecule has 0 heterocycles. The van der Waals surface area contributed by atoms with Crippen LogP contribution in [0.4, 0.5) is 0 Å². The van der Waals surface area contributed by atoms with Gasteiger partial charge in [-0.25, -0.2) is 0 Å². The third kappa shape index (κ3) is 2.60. The molecule has 0 unspecified atom stereocenters. The zero-order chi connectivity index (χ0) is 15.4. The number of halogens is 4. The van der Waals surface area contributed by atoms with Gasteiger partial charge >= 0.3 is 0 Å². The molecular weight excluding hydrogens is 346 g/mol. The van der Waals surface area contributed by atoms with Crippen LogP contribution >= 0.6 is 46.4 Å². The quantitative estimate of drug-likeness (QED) is 0.583. The Kier molecular flexibility index (Phi) is 3.95. The smallest absolute Gasteiger partial charge is 0.229 e. The summed E-state index contributed by atoms with van der Waals surface area (Å²) in [5, 5.41) is 5.40. The molecule has 8 heteroatoms. The van der Waals surface area contributed by atoms with Crippen molar-refractivity contribution >= 4 is 58.2 Å². The molecule has 2 aliphatic carbocycles. The average Bonchev–Trinajstić information content (AvgIpc) is 3.04. The maximum Gasteiger partial charge on any atom is 0.229 e. The Bertz CT molecular complexity index is 426. The first-order valence-corrected chi connectivity index (χ1v) is 7.80. The van der Waals surface area contributed by atoms with Gasteiger partial charge in [0.15, 0.2) is 0 Å². The fraction of sp³-hybridized carbons (Fsp3) is 0.833. The highest BCUT2D eigenvalue weighted by Gasteiger charge is 2.68. The lowest BCUT2D eigenvalue weighted by molar-refractivity contribution is -0.127. The summed E-state index contributed by atoms with van der Waals surface area (Å²) in [7, 11) is 0. The van der Waals surface area contributed by atoms with E-state index < -0.39 is 19.5 Å². The molecule has 2 fully saturated rings. The lowest BCUT2D eigenvalue weighted by atomic mass is 10.1. The van der Waals surface area contributed by atoms with Crippen LogP contribution in [0.5, 0.6) is 0 Å². The minimum absolute atomic E-state index is 0.210. The molecule has 2 N–H and O–H groups in total. The van der Waals surface area contributed by atoms with Crippen LogP contribution in [0.25, 0.3) is 0 Å². The third-order valence-electron chi connectivity index (χ3n) is 4.21. The number of alkyl halides is 4. The molecule has 0 aromatic carbocycles. The first-order valence-electron chi connectivity index (χ1n) is 6.29. The number of hydrogen-bond acceptors (Lipinski definition) is 2. The summed E-state index contributed by atoms with van der Waals surface area (Å²) in [6, 6.07) is 0. The molecule has 2 aliphatic rings. The Hall–Kier alpha value is 0.1000. The summed E-state index contributed by atoms with van der Waals surface area (Å²) < 4.78 is -1.97. The topological polar surface area (TPSA) is 58.2 Å². The second-order valence-electron chi connectivity index (χ2n) is 5.94. The number of nitrogens with one attached hydrogen (secondary N) is 2. The number of hydrogen-bond donors (Lipinski definition) is 2. The Balaban J connectivity index is 1.68. The van der Waals surface area contributed by atoms with E-state index in [4.69, 9.17) is 46.4 Å². The second-order valence-corrected chi connectivity index (χ2v) is 8.91. The summed E-state index contributed by atoms with van der Waals surface area (Å²) in [6.07, 6.45) is 0.862. The Morgan fingerprint density at radius 3 is 1.30 bits per heavy atom. The minimum Gasteiger partial charge on any atom is -0.354 e. The van der Waals surface area contributed by atoms with Crippen molar-refractivity contribution < 1.29 is 9.59 Å². The summed E-state index contributed by atoms with van der Waals surface area (Å²) in [6.45, 7) is 4.03. The summed E-state index contributed by atoms with van der Waals surface area (Å²) in [4.78, 5) is 23.7. The van der Waals surface area contributed by atoms with E-state index in [2.05, 4.69) is 10.6 Å². The number of rotatable bonds is 5. The lowest BCUT2D eigenvalue weighted by Gasteiger charge is -2.15. The average molecular weight is 362 g/mol. The molecule has 2 rings (SSSR count). The Morgan fingerprint density at radius 2 is 1.10 bits per heavy atom. The molecule has 2 saturated carbocycles. The largest absolute Gasteiger partial charge is 0.354 e. The van der Waals surface area contributed by atoms with Crippen LogP contribution in [0.2, 0.25) is 0 Å². The molecule has 20 heavy (non-hydrogen) atoms. The second kappa shape index (κ2) is 4.80. The van der Waals surface area contributed by atoms with Gasteiger partial charge in [-0.15, -0.1) is 46.4 Å². The van der Waals surface area contributed by atoms with Crippen molar-refractivity contribution in [2.45, 2.75) is 35.4 Å². The van der Waals surface area contributed by atoms with Crippen LogP contribution in [0.3, 0.4) is 0 Å². The van der Waals surface area contributed by atoms with Gasteiger partial charge in [-0.1, -0.05) is 0 Å². The Morgan fingerprint density at radius 1 is 0.850 bits per heavy atom. The van der Waals surface area contributed by atoms with Gasteiger partial charge in [-0.3, -0.25) is 9.59 Å². The fourth-order valence-electron chi connectivity index (χ4n) is 2.03. The highest BCUT2D eigenvalue weighted by atomic mass is 35.5. The highest BCUT2D eigenvalue weighted by Crippen LogP contribution is 2.64. The highest BCUT2D eigenvalue weighted by molar-refractivity contribution is 6.53. The van der Waals surface area contributed by atoms with Crippen molar-refractivity contribution in [1.29, 1.82) is 0 Å². The summed E-state index contributed by atoms with van der Waals surface area (Å²) >= 11 is 23.6. The summed E-state index contributed by atoms with van der Waals surface area (Å²) in [5.74, 6) is -0.420. The standard InChI is InChI=1S/C12H16Cl4N2O2/c1-9(5-11(9,13)14)7(19)17-3-4-18-8(20)10(2)6-12(10,15)16/h3-6H2,1-2H3,(H,17,19)(H,18,20)/t9-,10+. The predicted octanol–water partition coefficient (Wildman–Crippen LogP) is 2.39. The minimum atomic E-state index is -0.987. The van der Waals surface area contributed by atoms with Crippen LogP contribution in [-0.4, -0.2) is 33.6 Å². The van der Waals surface area contributed by atoms with Crippen molar-refractivity contribution in [1.82, 2.24) is 10.6 Å². The van der Waals surface area contributed by atoms with Gasteiger partial charge in [-0.05, 0) is 26.7 Å². The van der Waals surface area contributed by atoms with E-state index >= 15 is 0 Å². The van der Waals surface area contributed by atoms with E-state index in [1.807, 2.05) is 0 Å². The molecule has 2 amide bonds. The molecule has 0 aromatic heterocycles. The normalized spacial score (nSPS) is 36.1. The van der Waals surface area contributed by atoms with Gasteiger partial charge in [-0.2, -0.15) is 0 Å². The molecular formula is C12H16Cl4N2O2. The van der Waals surface area contributed by atoms with Gasteiger partial charge in [0.05, 0.1) is 10.8 Å². The van der Waals surface area contributed by atoms with E-state index in [0.717, 1.165) is 0 Å². The fourth-order valence-corrected chi connectivity index (χ4v) is 3.45. The molecule has 0 aliphatic heterocycles. The van der Waals surface area contributed by atoms with Gasteiger partial charge in [0.25, 0.3) is 0 Å². The molecule has 0 radical (unpaired) electrons. The van der Waals surface area contributed by atoms with Crippen molar-refractivity contribution in [3.05, 3.63) is 0 Å². The molecule has 0 aromatic rings. The van der Waals surface area contributed by atoms with Crippen LogP contribution in [-0.2, 0) is 9.59 Å². The van der Waals surface area contributed by atoms with Gasteiger partial charge < -0.3 is 10.6 Å². The Labute approximate surface area is 137 Å². The van der Waals surface area contributed by atoms with Crippen LogP contribution in [0, 0.1) is 10.8 Å². The first-order chi connectivity index (χ1) is 8.96. The zero-order valence-electron chi connectivity index (χ0n) is 11.2. The predicted molar refractivity (Wildman–Crippen MR) is 80.3 cm³/mol. The van der Waals surface area contributed by atoms with Crippen LogP contribution < -0.4 is 10.6 Å². The number of amides is 2. The maximum atomic E-state index is 11.9. The van der Waals surface area contributed by atoms with E-state index in [9.17, 15) is 9.59 Å². The molecule has 0 saturated heterocycles. The van der Waals surface area contributed by atoms with Gasteiger partial charge in [0.1, 0.15) is 8.67 Å². The van der Waals surface area contributed by atoms with Crippen LogP contribution in [0.15, 0.2) is 0 Å². The van der Waals surface area contributed by atoms with Gasteiger partial charge in [0, 0.05) is 13.1 Å². The summed E-state index contributed by atoms with van der Waals surface area (Å²) in [5.41, 5.74) is -1.49. The van der Waals surface area contributed by atoms with E-state index in [-0.39, 0.29) is 11.8 Å². The zero-order valence-corrected chi connectivity index (χ0v) is 14.2. The SMILES string of the molecule is C[C@@]1(C(=O)NCCNC(=O)[C@@]2(C)CC2(Cl)Cl)CC1(Cl)Cl. The molecule has 0 bridgehead atoms. The van der Waals surface area contributed by atoms with Crippen molar-refractivity contribution in [3.63, 3.8) is 0 Å². The van der Waals surface area contributed by atoms with Crippen LogP contribution in [0.1, 0.15) is 26.7 Å². The van der Waals surface area contributed by atoms with E-state index in [0.29, 0.717) is 25.9 Å². The monoisotopic (exact) mass is 360 g/mol. The van der Waals surface area contributed by atoms with Gasteiger partial charge in [0.2, 0.25) is 11.8 Å². The van der Waals surface area contributed by atoms with Crippen molar-refractivity contribution in [2.75, 3.05) is 13.1 Å². The first kappa shape index (κ1) is 16.5. The molecule has 4 nitrogen and oxygen atoms in total. The number of carbonyl (C=O) groups excluding carboxylic acids is 2. The van der Waals surface area contributed by atoms with E-state index in [1.165, 1.54) is 0 Å². The maximum absolute atomic E-state index is 11.9. The molecule has 114 valence electrons. The van der Waals surface area contributed by atoms with Crippen molar-refractivity contribution in [2.24, 2.45) is 10.8 Å². The van der Waals surface area contributed by atoms with Crippen molar-refractivity contribution in [3.8, 4) is 0 Å². The number of carbonyl (C=O) groups is 2. The van der Waals surface area contributed by atoms with E-state index in [1.54, 1.807) is 13.8 Å². The molecule has 2 atom stereocenters. The molecule has 0 spiro atoms.